The summed E-state index contributed by atoms with van der Waals surface area (Å²) in [6.45, 7) is 1.43. The molecule has 1 N–H and O–H groups in total. The Morgan fingerprint density at radius 3 is 2.93 bits per heavy atom. The van der Waals surface area contributed by atoms with Crippen LogP contribution in [0.4, 0.5) is 0 Å². The van der Waals surface area contributed by atoms with Crippen LogP contribution in [-0.2, 0) is 9.59 Å². The lowest BCUT2D eigenvalue weighted by molar-refractivity contribution is -0.122. The molecule has 2 aliphatic rings. The van der Waals surface area contributed by atoms with E-state index < -0.39 is 0 Å². The predicted molar refractivity (Wildman–Crippen MR) is 59.6 cm³/mol. The molecule has 1 fully saturated rings. The summed E-state index contributed by atoms with van der Waals surface area (Å²) in [6, 6.07) is 0. The number of amides is 2. The molecule has 0 saturated heterocycles. The van der Waals surface area contributed by atoms with Gasteiger partial charge in [0.15, 0.2) is 5.17 Å². The van der Waals surface area contributed by atoms with Gasteiger partial charge in [0.25, 0.3) is 5.91 Å². The third-order valence-corrected chi connectivity index (χ3v) is 4.06. The molecule has 2 amide bonds. The Labute approximate surface area is 92.9 Å². The summed E-state index contributed by atoms with van der Waals surface area (Å²) in [4.78, 5) is 26.4. The zero-order valence-electron chi connectivity index (χ0n) is 8.66. The fourth-order valence-corrected chi connectivity index (χ4v) is 3.41. The summed E-state index contributed by atoms with van der Waals surface area (Å²) in [5.74, 6) is -0.133. The molecule has 1 saturated carbocycles. The lowest BCUT2D eigenvalue weighted by Gasteiger charge is -2.31. The van der Waals surface area contributed by atoms with Gasteiger partial charge in [0.05, 0.1) is 5.92 Å². The second kappa shape index (κ2) is 4.35. The third kappa shape index (κ3) is 2.40. The van der Waals surface area contributed by atoms with Gasteiger partial charge in [-0.15, -0.1) is 0 Å². The molecule has 15 heavy (non-hydrogen) atoms. The minimum Gasteiger partial charge on any atom is -0.305 e. The lowest BCUT2D eigenvalue weighted by atomic mass is 9.88. The highest BCUT2D eigenvalue weighted by atomic mass is 32.2. The number of nitrogens with zero attached hydrogens (tertiary/aromatic N) is 1. The summed E-state index contributed by atoms with van der Waals surface area (Å²) >= 11 is 1.54. The summed E-state index contributed by atoms with van der Waals surface area (Å²) in [5, 5.41) is 3.41. The first-order valence-electron chi connectivity index (χ1n) is 5.23. The average molecular weight is 226 g/mol. The summed E-state index contributed by atoms with van der Waals surface area (Å²) in [7, 11) is 0. The third-order valence-electron chi connectivity index (χ3n) is 2.78. The molecule has 0 aromatic carbocycles. The Morgan fingerprint density at radius 1 is 1.47 bits per heavy atom. The Morgan fingerprint density at radius 2 is 2.20 bits per heavy atom. The molecule has 1 aliphatic heterocycles. The Hall–Kier alpha value is -0.840. The zero-order valence-corrected chi connectivity index (χ0v) is 9.47. The molecule has 82 valence electrons. The van der Waals surface area contributed by atoms with Gasteiger partial charge in [0.2, 0.25) is 5.91 Å². The molecule has 2 rings (SSSR count). The number of hydrogen-bond acceptors (Lipinski definition) is 3. The highest BCUT2D eigenvalue weighted by Gasteiger charge is 2.36. The van der Waals surface area contributed by atoms with E-state index in [0.717, 1.165) is 19.3 Å². The van der Waals surface area contributed by atoms with Gasteiger partial charge in [-0.3, -0.25) is 9.59 Å². The van der Waals surface area contributed by atoms with Gasteiger partial charge in [0, 0.05) is 12.2 Å². The Balaban J connectivity index is 2.10. The van der Waals surface area contributed by atoms with Crippen LogP contribution in [-0.4, -0.2) is 22.2 Å². The van der Waals surface area contributed by atoms with Crippen molar-refractivity contribution in [1.29, 1.82) is 0 Å². The maximum absolute atomic E-state index is 11.7. The van der Waals surface area contributed by atoms with E-state index in [0.29, 0.717) is 10.4 Å². The van der Waals surface area contributed by atoms with E-state index in [9.17, 15) is 9.59 Å². The second-order valence-electron chi connectivity index (χ2n) is 3.98. The first kappa shape index (κ1) is 10.7. The number of fused-ring (bicyclic) bond motifs is 1. The number of nitrogens with one attached hydrogen (secondary N) is 1. The maximum atomic E-state index is 11.7. The molecular formula is C10H14N2O2S. The minimum absolute atomic E-state index is 0.0535. The molecule has 0 radical (unpaired) electrons. The lowest BCUT2D eigenvalue weighted by Crippen LogP contribution is -2.38. The highest BCUT2D eigenvalue weighted by Crippen LogP contribution is 2.37. The molecule has 0 spiro atoms. The van der Waals surface area contributed by atoms with Gasteiger partial charge in [-0.2, -0.15) is 4.99 Å². The van der Waals surface area contributed by atoms with E-state index in [2.05, 4.69) is 10.3 Å². The normalized spacial score (nSPS) is 30.5. The average Bonchev–Trinajstić information content (AvgIpc) is 2.16. The second-order valence-corrected chi connectivity index (χ2v) is 5.21. The van der Waals surface area contributed by atoms with Crippen molar-refractivity contribution in [2.24, 2.45) is 10.9 Å². The largest absolute Gasteiger partial charge is 0.305 e. The van der Waals surface area contributed by atoms with E-state index in [-0.39, 0.29) is 17.7 Å². The number of amidine groups is 1. The monoisotopic (exact) mass is 226 g/mol. The van der Waals surface area contributed by atoms with Crippen molar-refractivity contribution in [1.82, 2.24) is 5.32 Å². The van der Waals surface area contributed by atoms with Gasteiger partial charge in [-0.25, -0.2) is 0 Å². The number of rotatable bonds is 0. The van der Waals surface area contributed by atoms with Crippen LogP contribution >= 0.6 is 11.8 Å². The van der Waals surface area contributed by atoms with Crippen molar-refractivity contribution >= 4 is 28.7 Å². The van der Waals surface area contributed by atoms with Crippen LogP contribution in [0.1, 0.15) is 32.6 Å². The SMILES string of the molecule is CC(=O)NC1=NC(=O)C2CCCCC2S1. The Kier molecular flexibility index (Phi) is 3.09. The van der Waals surface area contributed by atoms with Crippen molar-refractivity contribution in [3.8, 4) is 0 Å². The topological polar surface area (TPSA) is 58.5 Å². The van der Waals surface area contributed by atoms with Gasteiger partial charge in [0.1, 0.15) is 0 Å². The quantitative estimate of drug-likeness (QED) is 0.677. The minimum atomic E-state index is -0.164. The van der Waals surface area contributed by atoms with E-state index in [1.54, 1.807) is 11.8 Å². The number of aliphatic imine (C=N–C) groups is 1. The molecule has 1 heterocycles. The van der Waals surface area contributed by atoms with Crippen molar-refractivity contribution < 1.29 is 9.59 Å². The molecule has 0 aromatic heterocycles. The van der Waals surface area contributed by atoms with Crippen molar-refractivity contribution in [2.75, 3.05) is 0 Å². The summed E-state index contributed by atoms with van der Waals surface area (Å²) in [5.41, 5.74) is 0. The maximum Gasteiger partial charge on any atom is 0.252 e. The van der Waals surface area contributed by atoms with Crippen LogP contribution in [0.5, 0.6) is 0 Å². The van der Waals surface area contributed by atoms with Gasteiger partial charge in [-0.05, 0) is 12.8 Å². The van der Waals surface area contributed by atoms with E-state index in [1.807, 2.05) is 0 Å². The van der Waals surface area contributed by atoms with Crippen LogP contribution in [0.25, 0.3) is 0 Å². The molecular weight excluding hydrogens is 212 g/mol. The summed E-state index contributed by atoms with van der Waals surface area (Å²) in [6.07, 6.45) is 4.31. The molecule has 0 aromatic rings. The van der Waals surface area contributed by atoms with E-state index in [4.69, 9.17) is 0 Å². The molecule has 2 unspecified atom stereocenters. The van der Waals surface area contributed by atoms with Crippen molar-refractivity contribution in [2.45, 2.75) is 37.9 Å². The standard InChI is InChI=1S/C10H14N2O2S/c1-6(13)11-10-12-9(14)7-4-2-3-5-8(7)15-10/h7-8H,2-5H2,1H3,(H,11,12,13,14). The number of carbonyl (C=O) groups excluding carboxylic acids is 2. The number of carbonyl (C=O) groups is 2. The molecule has 5 heteroatoms. The van der Waals surface area contributed by atoms with Gasteiger partial charge >= 0.3 is 0 Å². The van der Waals surface area contributed by atoms with Crippen LogP contribution in [0.2, 0.25) is 0 Å². The van der Waals surface area contributed by atoms with Crippen molar-refractivity contribution in [3.05, 3.63) is 0 Å². The van der Waals surface area contributed by atoms with Gasteiger partial charge < -0.3 is 5.32 Å². The van der Waals surface area contributed by atoms with Crippen LogP contribution in [0, 0.1) is 5.92 Å². The fourth-order valence-electron chi connectivity index (χ4n) is 2.08. The van der Waals surface area contributed by atoms with E-state index >= 15 is 0 Å². The van der Waals surface area contributed by atoms with Crippen LogP contribution in [0.3, 0.4) is 0 Å². The number of hydrogen-bond donors (Lipinski definition) is 1. The molecule has 2 atom stereocenters. The number of thioether (sulfide) groups is 1. The predicted octanol–water partition coefficient (Wildman–Crippen LogP) is 1.31. The Bertz CT molecular complexity index is 327. The smallest absolute Gasteiger partial charge is 0.252 e. The first-order valence-corrected chi connectivity index (χ1v) is 6.11. The molecule has 4 nitrogen and oxygen atoms in total. The molecule has 0 bridgehead atoms. The van der Waals surface area contributed by atoms with Gasteiger partial charge in [-0.1, -0.05) is 24.6 Å². The first-order chi connectivity index (χ1) is 7.16. The van der Waals surface area contributed by atoms with Crippen molar-refractivity contribution in [3.63, 3.8) is 0 Å². The van der Waals surface area contributed by atoms with Crippen LogP contribution in [0.15, 0.2) is 4.99 Å². The fraction of sp³-hybridized carbons (Fsp3) is 0.700. The summed E-state index contributed by atoms with van der Waals surface area (Å²) < 4.78 is 0. The van der Waals surface area contributed by atoms with Crippen LogP contribution < -0.4 is 5.32 Å². The highest BCUT2D eigenvalue weighted by molar-refractivity contribution is 8.14. The zero-order chi connectivity index (χ0) is 10.8. The molecule has 1 aliphatic carbocycles. The van der Waals surface area contributed by atoms with E-state index in [1.165, 1.54) is 13.3 Å².